The van der Waals surface area contributed by atoms with Crippen LogP contribution in [0.15, 0.2) is 89.7 Å². The molecular weight excluding hydrogens is 601 g/mol. The molecule has 49 heavy (non-hydrogen) atoms. The maximum Gasteiger partial charge on any atom is 0.261 e. The van der Waals surface area contributed by atoms with Gasteiger partial charge >= 0.3 is 0 Å². The van der Waals surface area contributed by atoms with Gasteiger partial charge in [0.2, 0.25) is 0 Å². The third-order valence-electron chi connectivity index (χ3n) is 8.77. The molecule has 0 fully saturated rings. The highest BCUT2D eigenvalue weighted by molar-refractivity contribution is 5.80. The van der Waals surface area contributed by atoms with Crippen LogP contribution in [-0.2, 0) is 0 Å². The first-order valence-electron chi connectivity index (χ1n) is 18.0. The van der Waals surface area contributed by atoms with Gasteiger partial charge in [-0.3, -0.25) is 19.3 Å². The van der Waals surface area contributed by atoms with E-state index in [9.17, 15) is 4.79 Å². The Morgan fingerprint density at radius 1 is 0.469 bits per heavy atom. The van der Waals surface area contributed by atoms with E-state index in [1.165, 1.54) is 33.3 Å². The highest BCUT2D eigenvalue weighted by atomic mass is 16.1. The fourth-order valence-corrected chi connectivity index (χ4v) is 6.21. The summed E-state index contributed by atoms with van der Waals surface area (Å²) in [4.78, 5) is 26.6. The van der Waals surface area contributed by atoms with Crippen molar-refractivity contribution in [1.82, 2.24) is 19.5 Å². The monoisotopic (exact) mass is 656 g/mol. The van der Waals surface area contributed by atoms with Gasteiger partial charge in [0.25, 0.3) is 5.56 Å². The van der Waals surface area contributed by atoms with E-state index in [4.69, 9.17) is 9.97 Å². The molecule has 3 aromatic heterocycles. The Morgan fingerprint density at radius 2 is 0.878 bits per heavy atom. The fourth-order valence-electron chi connectivity index (χ4n) is 6.21. The number of para-hydroxylation sites is 3. The first-order chi connectivity index (χ1) is 23.2. The van der Waals surface area contributed by atoms with Crippen LogP contribution in [0.4, 0.5) is 0 Å². The van der Waals surface area contributed by atoms with Crippen LogP contribution < -0.4 is 5.56 Å². The van der Waals surface area contributed by atoms with Crippen molar-refractivity contribution < 1.29 is 0 Å². The van der Waals surface area contributed by atoms with Crippen molar-refractivity contribution in [3.8, 4) is 0 Å². The molecule has 0 amide bonds. The van der Waals surface area contributed by atoms with Crippen molar-refractivity contribution in [3.63, 3.8) is 0 Å². The third-order valence-corrected chi connectivity index (χ3v) is 8.77. The smallest absolute Gasteiger partial charge is 0.261 e. The summed E-state index contributed by atoms with van der Waals surface area (Å²) in [6.07, 6.45) is 0. The SMILES string of the molecule is CC(C)c1cc2ccccc2nc1C(C)C.CC(C)c1cc2ccccc2nc1C(C)C.CC(C)c1nc2ccccc2c(=O)n1C(C)C. The second-order valence-corrected chi connectivity index (χ2v) is 14.8. The van der Waals surface area contributed by atoms with Gasteiger partial charge in [-0.1, -0.05) is 118 Å². The number of benzene rings is 3. The van der Waals surface area contributed by atoms with Crippen LogP contribution in [0.1, 0.15) is 147 Å². The fraction of sp³-hybridized carbons (Fsp3) is 0.409. The van der Waals surface area contributed by atoms with Crippen molar-refractivity contribution in [3.05, 3.63) is 124 Å². The number of aromatic nitrogens is 4. The summed E-state index contributed by atoms with van der Waals surface area (Å²) >= 11 is 0. The Balaban J connectivity index is 0.000000166. The predicted octanol–water partition coefficient (Wildman–Crippen LogP) is 12.1. The number of hydrogen-bond acceptors (Lipinski definition) is 4. The van der Waals surface area contributed by atoms with Crippen LogP contribution in [0.3, 0.4) is 0 Å². The molecule has 0 spiro atoms. The topological polar surface area (TPSA) is 60.7 Å². The molecule has 0 unspecified atom stereocenters. The van der Waals surface area contributed by atoms with Gasteiger partial charge in [0, 0.05) is 34.1 Å². The summed E-state index contributed by atoms with van der Waals surface area (Å²) in [5.74, 6) is 3.16. The molecule has 0 atom stereocenters. The van der Waals surface area contributed by atoms with Gasteiger partial charge < -0.3 is 0 Å². The molecule has 0 radical (unpaired) electrons. The van der Waals surface area contributed by atoms with E-state index < -0.39 is 0 Å². The Morgan fingerprint density at radius 3 is 1.27 bits per heavy atom. The molecule has 5 heteroatoms. The molecule has 3 aromatic carbocycles. The second kappa shape index (κ2) is 16.3. The minimum atomic E-state index is 0.0642. The van der Waals surface area contributed by atoms with Crippen molar-refractivity contribution in [1.29, 1.82) is 0 Å². The van der Waals surface area contributed by atoms with Gasteiger partial charge in [-0.2, -0.15) is 0 Å². The Bertz CT molecular complexity index is 1880. The van der Waals surface area contributed by atoms with Crippen LogP contribution >= 0.6 is 0 Å². The zero-order chi connectivity index (χ0) is 36.0. The van der Waals surface area contributed by atoms with Crippen molar-refractivity contribution in [2.24, 2.45) is 0 Å². The molecule has 0 saturated carbocycles. The van der Waals surface area contributed by atoms with Crippen LogP contribution in [0.5, 0.6) is 0 Å². The van der Waals surface area contributed by atoms with Crippen molar-refractivity contribution in [2.45, 2.75) is 119 Å². The molecule has 0 aliphatic carbocycles. The van der Waals surface area contributed by atoms with Crippen LogP contribution in [0.25, 0.3) is 32.7 Å². The summed E-state index contributed by atoms with van der Waals surface area (Å²) in [5.41, 5.74) is 8.32. The quantitative estimate of drug-likeness (QED) is 0.179. The van der Waals surface area contributed by atoms with E-state index in [1.54, 1.807) is 4.57 Å². The standard InChI is InChI=1S/2C15H19N.C14H18N2O/c2*1-10(2)13-9-12-7-5-6-8-14(12)16-15(13)11(3)4;1-9(2)13-15-12-8-6-5-7-11(12)14(17)16(13)10(3)4/h2*5-11H,1-4H3;5-10H,1-4H3. The second-order valence-electron chi connectivity index (χ2n) is 14.8. The predicted molar refractivity (Wildman–Crippen MR) is 210 cm³/mol. The molecule has 6 rings (SSSR count). The van der Waals surface area contributed by atoms with Gasteiger partial charge in [0.15, 0.2) is 0 Å². The van der Waals surface area contributed by atoms with Crippen LogP contribution in [-0.4, -0.2) is 19.5 Å². The lowest BCUT2D eigenvalue weighted by molar-refractivity contribution is 0.523. The minimum Gasteiger partial charge on any atom is -0.293 e. The zero-order valence-corrected chi connectivity index (χ0v) is 31.7. The number of rotatable bonds is 6. The molecule has 0 aliphatic heterocycles. The van der Waals surface area contributed by atoms with Gasteiger partial charge in [-0.25, -0.2) is 4.98 Å². The summed E-state index contributed by atoms with van der Waals surface area (Å²) in [6, 6.07) is 29.0. The summed E-state index contributed by atoms with van der Waals surface area (Å²) in [7, 11) is 0. The molecular formula is C44H56N4O. The average Bonchev–Trinajstić information content (AvgIpc) is 3.07. The average molecular weight is 657 g/mol. The number of pyridine rings is 2. The maximum absolute atomic E-state index is 12.4. The molecule has 258 valence electrons. The Hall–Kier alpha value is -4.38. The van der Waals surface area contributed by atoms with E-state index in [1.807, 2.05) is 38.1 Å². The Labute approximate surface area is 293 Å². The maximum atomic E-state index is 12.4. The highest BCUT2D eigenvalue weighted by Gasteiger charge is 2.16. The lowest BCUT2D eigenvalue weighted by Crippen LogP contribution is -2.27. The van der Waals surface area contributed by atoms with Gasteiger partial charge in [0.1, 0.15) is 5.82 Å². The lowest BCUT2D eigenvalue weighted by Gasteiger charge is -2.18. The van der Waals surface area contributed by atoms with E-state index in [0.29, 0.717) is 29.1 Å². The summed E-state index contributed by atoms with van der Waals surface area (Å²) in [5, 5.41) is 3.19. The number of fused-ring (bicyclic) bond motifs is 3. The number of hydrogen-bond donors (Lipinski definition) is 0. The van der Waals surface area contributed by atoms with Crippen LogP contribution in [0, 0.1) is 0 Å². The number of nitrogens with zero attached hydrogens (tertiary/aromatic N) is 4. The molecule has 3 heterocycles. The highest BCUT2D eigenvalue weighted by Crippen LogP contribution is 2.29. The molecule has 6 aromatic rings. The van der Waals surface area contributed by atoms with Crippen molar-refractivity contribution in [2.75, 3.05) is 0 Å². The van der Waals surface area contributed by atoms with Gasteiger partial charge in [-0.15, -0.1) is 0 Å². The molecule has 0 bridgehead atoms. The van der Waals surface area contributed by atoms with E-state index in [0.717, 1.165) is 22.4 Å². The minimum absolute atomic E-state index is 0.0642. The molecule has 0 N–H and O–H groups in total. The van der Waals surface area contributed by atoms with E-state index in [-0.39, 0.29) is 17.5 Å². The molecule has 0 aliphatic rings. The van der Waals surface area contributed by atoms with Gasteiger partial charge in [-0.05, 0) is 85.0 Å². The van der Waals surface area contributed by atoms with E-state index >= 15 is 0 Å². The third kappa shape index (κ3) is 8.81. The largest absolute Gasteiger partial charge is 0.293 e. The van der Waals surface area contributed by atoms with Crippen molar-refractivity contribution >= 4 is 32.7 Å². The molecule has 5 nitrogen and oxygen atoms in total. The zero-order valence-electron chi connectivity index (χ0n) is 31.7. The summed E-state index contributed by atoms with van der Waals surface area (Å²) in [6.45, 7) is 25.9. The lowest BCUT2D eigenvalue weighted by atomic mass is 9.94. The first kappa shape index (κ1) is 37.4. The van der Waals surface area contributed by atoms with E-state index in [2.05, 4.69) is 135 Å². The summed E-state index contributed by atoms with van der Waals surface area (Å²) < 4.78 is 1.80. The van der Waals surface area contributed by atoms with Crippen LogP contribution in [0.2, 0.25) is 0 Å². The molecule has 0 saturated heterocycles. The Kier molecular flexibility index (Phi) is 12.5. The first-order valence-corrected chi connectivity index (χ1v) is 18.0. The normalized spacial score (nSPS) is 11.6. The van der Waals surface area contributed by atoms with Gasteiger partial charge in [0.05, 0.1) is 21.9 Å².